The first-order valence-corrected chi connectivity index (χ1v) is 7.39. The van der Waals surface area contributed by atoms with Crippen LogP contribution in [0.25, 0.3) is 0 Å². The number of aliphatic imine (C=N–C) groups is 1. The molecule has 2 aliphatic heterocycles. The van der Waals surface area contributed by atoms with Crippen molar-refractivity contribution in [2.45, 2.75) is 24.3 Å². The standard InChI is InChI=1S/C13H15ClN2OS.BrH/c1-2-11-13(17,9-3-5-10(14)6-4-9)16-8-7-15-12(16)18-11;/h3-6,11,17H,2,7-8H2,1H3;1H. The summed E-state index contributed by atoms with van der Waals surface area (Å²) in [5.74, 6) is 0. The van der Waals surface area contributed by atoms with Gasteiger partial charge in [0, 0.05) is 17.1 Å². The number of aliphatic hydroxyl groups is 1. The first-order chi connectivity index (χ1) is 8.66. The molecule has 0 radical (unpaired) electrons. The molecule has 1 saturated heterocycles. The summed E-state index contributed by atoms with van der Waals surface area (Å²) in [5.41, 5.74) is -0.0439. The summed E-state index contributed by atoms with van der Waals surface area (Å²) in [7, 11) is 0. The van der Waals surface area contributed by atoms with Crippen molar-refractivity contribution in [2.75, 3.05) is 13.1 Å². The SMILES string of the molecule is Br.CCC1SC2=NCCN2C1(O)c1ccc(Cl)cc1. The zero-order valence-corrected chi connectivity index (χ0v) is 13.8. The van der Waals surface area contributed by atoms with E-state index >= 15 is 0 Å². The lowest BCUT2D eigenvalue weighted by molar-refractivity contribution is -0.0663. The Hall–Kier alpha value is -0.230. The molecular formula is C13H16BrClN2OS. The van der Waals surface area contributed by atoms with Gasteiger partial charge in [0.15, 0.2) is 10.9 Å². The van der Waals surface area contributed by atoms with Crippen LogP contribution in [-0.2, 0) is 5.72 Å². The van der Waals surface area contributed by atoms with Gasteiger partial charge in [-0.1, -0.05) is 42.4 Å². The zero-order valence-electron chi connectivity index (χ0n) is 10.5. The molecule has 6 heteroatoms. The normalized spacial score (nSPS) is 28.9. The highest BCUT2D eigenvalue weighted by atomic mass is 79.9. The van der Waals surface area contributed by atoms with Crippen molar-refractivity contribution in [1.29, 1.82) is 0 Å². The van der Waals surface area contributed by atoms with E-state index in [4.69, 9.17) is 11.6 Å². The number of thioether (sulfide) groups is 1. The first-order valence-electron chi connectivity index (χ1n) is 6.13. The van der Waals surface area contributed by atoms with Crippen molar-refractivity contribution in [2.24, 2.45) is 4.99 Å². The van der Waals surface area contributed by atoms with Crippen LogP contribution < -0.4 is 0 Å². The molecule has 1 aromatic carbocycles. The number of benzene rings is 1. The number of hydrogen-bond acceptors (Lipinski definition) is 4. The largest absolute Gasteiger partial charge is 0.366 e. The minimum Gasteiger partial charge on any atom is -0.366 e. The predicted octanol–water partition coefficient (Wildman–Crippen LogP) is 3.26. The molecule has 0 saturated carbocycles. The van der Waals surface area contributed by atoms with Crippen LogP contribution in [0, 0.1) is 0 Å². The Kier molecular flexibility index (Phi) is 4.50. The molecular weight excluding hydrogens is 348 g/mol. The number of hydrogen-bond donors (Lipinski definition) is 1. The van der Waals surface area contributed by atoms with E-state index in [1.807, 2.05) is 29.2 Å². The van der Waals surface area contributed by atoms with Crippen LogP contribution in [0.1, 0.15) is 18.9 Å². The van der Waals surface area contributed by atoms with E-state index in [2.05, 4.69) is 11.9 Å². The van der Waals surface area contributed by atoms with E-state index < -0.39 is 5.72 Å². The average molecular weight is 364 g/mol. The van der Waals surface area contributed by atoms with Crippen LogP contribution in [0.4, 0.5) is 0 Å². The number of fused-ring (bicyclic) bond motifs is 1. The maximum atomic E-state index is 11.2. The van der Waals surface area contributed by atoms with Gasteiger partial charge in [0.05, 0.1) is 11.8 Å². The van der Waals surface area contributed by atoms with Gasteiger partial charge in [0.2, 0.25) is 0 Å². The minimum atomic E-state index is -0.945. The molecule has 0 bridgehead atoms. The second kappa shape index (κ2) is 5.64. The molecule has 1 N–H and O–H groups in total. The third-order valence-corrected chi connectivity index (χ3v) is 5.31. The lowest BCUT2D eigenvalue weighted by atomic mass is 9.96. The van der Waals surface area contributed by atoms with Gasteiger partial charge in [0.25, 0.3) is 0 Å². The summed E-state index contributed by atoms with van der Waals surface area (Å²) in [6.07, 6.45) is 0.902. The number of amidine groups is 1. The van der Waals surface area contributed by atoms with Crippen molar-refractivity contribution >= 4 is 45.5 Å². The Bertz CT molecular complexity index is 496. The number of rotatable bonds is 2. The predicted molar refractivity (Wildman–Crippen MR) is 86.3 cm³/mol. The van der Waals surface area contributed by atoms with Crippen LogP contribution in [0.2, 0.25) is 5.02 Å². The highest BCUT2D eigenvalue weighted by Gasteiger charge is 2.52. The monoisotopic (exact) mass is 362 g/mol. The summed E-state index contributed by atoms with van der Waals surface area (Å²) < 4.78 is 0. The van der Waals surface area contributed by atoms with Gasteiger partial charge in [-0.05, 0) is 18.6 Å². The van der Waals surface area contributed by atoms with Crippen molar-refractivity contribution in [3.8, 4) is 0 Å². The molecule has 19 heavy (non-hydrogen) atoms. The van der Waals surface area contributed by atoms with Crippen molar-refractivity contribution < 1.29 is 5.11 Å². The Morgan fingerprint density at radius 3 is 2.79 bits per heavy atom. The maximum Gasteiger partial charge on any atom is 0.178 e. The molecule has 0 spiro atoms. The third kappa shape index (κ3) is 2.31. The lowest BCUT2D eigenvalue weighted by Gasteiger charge is -2.36. The number of nitrogens with zero attached hydrogens (tertiary/aromatic N) is 2. The van der Waals surface area contributed by atoms with Gasteiger partial charge in [-0.2, -0.15) is 0 Å². The quantitative estimate of drug-likeness (QED) is 0.876. The molecule has 2 unspecified atom stereocenters. The summed E-state index contributed by atoms with van der Waals surface area (Å²) in [5, 5.41) is 13.0. The lowest BCUT2D eigenvalue weighted by Crippen LogP contribution is -2.47. The molecule has 2 aliphatic rings. The molecule has 0 aromatic heterocycles. The fourth-order valence-corrected chi connectivity index (χ4v) is 4.13. The molecule has 1 aromatic rings. The molecule has 2 heterocycles. The van der Waals surface area contributed by atoms with E-state index in [9.17, 15) is 5.11 Å². The van der Waals surface area contributed by atoms with Gasteiger partial charge in [0.1, 0.15) is 0 Å². The van der Waals surface area contributed by atoms with E-state index in [0.717, 1.165) is 30.2 Å². The Labute approximate surface area is 132 Å². The van der Waals surface area contributed by atoms with Gasteiger partial charge in [-0.3, -0.25) is 4.99 Å². The Morgan fingerprint density at radius 1 is 1.47 bits per heavy atom. The summed E-state index contributed by atoms with van der Waals surface area (Å²) in [6, 6.07) is 7.48. The molecule has 3 nitrogen and oxygen atoms in total. The van der Waals surface area contributed by atoms with Crippen LogP contribution in [0.3, 0.4) is 0 Å². The van der Waals surface area contributed by atoms with E-state index in [0.29, 0.717) is 5.02 Å². The molecule has 104 valence electrons. The molecule has 1 fully saturated rings. The fourth-order valence-electron chi connectivity index (χ4n) is 2.63. The molecule has 0 aliphatic carbocycles. The smallest absolute Gasteiger partial charge is 0.178 e. The summed E-state index contributed by atoms with van der Waals surface area (Å²) >= 11 is 7.60. The van der Waals surface area contributed by atoms with Crippen LogP contribution in [0.5, 0.6) is 0 Å². The zero-order chi connectivity index (χ0) is 12.8. The van der Waals surface area contributed by atoms with Gasteiger partial charge in [-0.15, -0.1) is 17.0 Å². The molecule has 2 atom stereocenters. The first kappa shape index (κ1) is 15.2. The van der Waals surface area contributed by atoms with Gasteiger partial charge < -0.3 is 10.0 Å². The summed E-state index contributed by atoms with van der Waals surface area (Å²) in [6.45, 7) is 3.66. The van der Waals surface area contributed by atoms with Crippen molar-refractivity contribution in [3.05, 3.63) is 34.9 Å². The van der Waals surface area contributed by atoms with E-state index in [1.54, 1.807) is 11.8 Å². The van der Waals surface area contributed by atoms with Crippen LogP contribution >= 0.6 is 40.3 Å². The fraction of sp³-hybridized carbons (Fsp3) is 0.462. The van der Waals surface area contributed by atoms with Crippen LogP contribution in [-0.4, -0.2) is 33.5 Å². The second-order valence-electron chi connectivity index (χ2n) is 4.56. The minimum absolute atomic E-state index is 0. The molecule has 0 amide bonds. The Balaban J connectivity index is 0.00000133. The van der Waals surface area contributed by atoms with Gasteiger partial charge in [-0.25, -0.2) is 0 Å². The highest BCUT2D eigenvalue weighted by molar-refractivity contribution is 8.93. The number of halogens is 2. The van der Waals surface area contributed by atoms with Crippen molar-refractivity contribution in [1.82, 2.24) is 4.90 Å². The van der Waals surface area contributed by atoms with E-state index in [-0.39, 0.29) is 22.2 Å². The Morgan fingerprint density at radius 2 is 2.16 bits per heavy atom. The van der Waals surface area contributed by atoms with Gasteiger partial charge >= 0.3 is 0 Å². The summed E-state index contributed by atoms with van der Waals surface area (Å²) in [4.78, 5) is 6.48. The van der Waals surface area contributed by atoms with E-state index in [1.165, 1.54) is 0 Å². The highest BCUT2D eigenvalue weighted by Crippen LogP contribution is 2.47. The second-order valence-corrected chi connectivity index (χ2v) is 6.17. The van der Waals surface area contributed by atoms with Crippen LogP contribution in [0.15, 0.2) is 29.3 Å². The maximum absolute atomic E-state index is 11.2. The molecule has 3 rings (SSSR count). The third-order valence-electron chi connectivity index (χ3n) is 3.55. The topological polar surface area (TPSA) is 35.8 Å². The average Bonchev–Trinajstić information content (AvgIpc) is 2.93. The van der Waals surface area contributed by atoms with Crippen molar-refractivity contribution in [3.63, 3.8) is 0 Å².